The molecule has 0 amide bonds. The van der Waals surface area contributed by atoms with Crippen LogP contribution < -0.4 is 5.73 Å². The zero-order valence-electron chi connectivity index (χ0n) is 9.40. The summed E-state index contributed by atoms with van der Waals surface area (Å²) in [6.07, 6.45) is 0. The standard InChI is InChI=1S/C14H14ClNS/c15-13-4-6-14(7-5-13)17-10-12-3-1-2-11(8-12)9-16/h1-8H,9-10,16H2. The molecule has 2 aromatic rings. The van der Waals surface area contributed by atoms with Gasteiger partial charge >= 0.3 is 0 Å². The molecule has 2 aromatic carbocycles. The number of nitrogens with two attached hydrogens (primary N) is 1. The zero-order chi connectivity index (χ0) is 12.1. The van der Waals surface area contributed by atoms with Crippen molar-refractivity contribution in [1.29, 1.82) is 0 Å². The van der Waals surface area contributed by atoms with E-state index in [1.807, 2.05) is 24.3 Å². The molecule has 0 atom stereocenters. The molecule has 88 valence electrons. The van der Waals surface area contributed by atoms with Crippen LogP contribution >= 0.6 is 23.4 Å². The van der Waals surface area contributed by atoms with Gasteiger partial charge in [-0.3, -0.25) is 0 Å². The minimum atomic E-state index is 0.597. The summed E-state index contributed by atoms with van der Waals surface area (Å²) in [6, 6.07) is 16.3. The van der Waals surface area contributed by atoms with E-state index in [2.05, 4.69) is 24.3 Å². The van der Waals surface area contributed by atoms with Gasteiger partial charge in [-0.25, -0.2) is 0 Å². The summed E-state index contributed by atoms with van der Waals surface area (Å²) in [7, 11) is 0. The van der Waals surface area contributed by atoms with Gasteiger partial charge in [-0.2, -0.15) is 0 Å². The summed E-state index contributed by atoms with van der Waals surface area (Å²) in [6.45, 7) is 0.597. The van der Waals surface area contributed by atoms with Crippen molar-refractivity contribution in [1.82, 2.24) is 0 Å². The number of halogens is 1. The molecule has 0 bridgehead atoms. The predicted octanol–water partition coefficient (Wildman–Crippen LogP) is 4.09. The molecule has 3 heteroatoms. The Morgan fingerprint density at radius 3 is 2.41 bits per heavy atom. The van der Waals surface area contributed by atoms with Gasteiger partial charge in [-0.05, 0) is 35.4 Å². The van der Waals surface area contributed by atoms with E-state index in [1.165, 1.54) is 16.0 Å². The van der Waals surface area contributed by atoms with Gasteiger partial charge in [0.1, 0.15) is 0 Å². The van der Waals surface area contributed by atoms with Gasteiger partial charge in [-0.1, -0.05) is 35.9 Å². The molecule has 17 heavy (non-hydrogen) atoms. The molecule has 0 saturated carbocycles. The number of rotatable bonds is 4. The Hall–Kier alpha value is -0.960. The maximum absolute atomic E-state index is 5.85. The van der Waals surface area contributed by atoms with E-state index in [0.717, 1.165) is 10.8 Å². The van der Waals surface area contributed by atoms with E-state index < -0.39 is 0 Å². The Morgan fingerprint density at radius 1 is 1.00 bits per heavy atom. The molecule has 2 N–H and O–H groups in total. The SMILES string of the molecule is NCc1cccc(CSc2ccc(Cl)cc2)c1. The van der Waals surface area contributed by atoms with E-state index in [0.29, 0.717) is 6.54 Å². The van der Waals surface area contributed by atoms with Crippen molar-refractivity contribution >= 4 is 23.4 Å². The van der Waals surface area contributed by atoms with Crippen molar-refractivity contribution in [3.05, 3.63) is 64.7 Å². The van der Waals surface area contributed by atoms with Gasteiger partial charge in [0.25, 0.3) is 0 Å². The molecular weight excluding hydrogens is 250 g/mol. The first kappa shape index (κ1) is 12.5. The second-order valence-corrected chi connectivity index (χ2v) is 5.25. The van der Waals surface area contributed by atoms with Gasteiger partial charge in [0, 0.05) is 22.2 Å². The summed E-state index contributed by atoms with van der Waals surface area (Å²) >= 11 is 7.65. The van der Waals surface area contributed by atoms with Gasteiger partial charge in [0.05, 0.1) is 0 Å². The van der Waals surface area contributed by atoms with Crippen molar-refractivity contribution in [3.63, 3.8) is 0 Å². The normalized spacial score (nSPS) is 10.5. The van der Waals surface area contributed by atoms with Gasteiger partial charge < -0.3 is 5.73 Å². The highest BCUT2D eigenvalue weighted by Gasteiger charge is 1.98. The first-order valence-electron chi connectivity index (χ1n) is 5.44. The lowest BCUT2D eigenvalue weighted by Crippen LogP contribution is -1.96. The number of thioether (sulfide) groups is 1. The lowest BCUT2D eigenvalue weighted by Gasteiger charge is -2.04. The molecule has 0 unspecified atom stereocenters. The van der Waals surface area contributed by atoms with Crippen LogP contribution in [0, 0.1) is 0 Å². The maximum atomic E-state index is 5.85. The minimum absolute atomic E-state index is 0.597. The first-order valence-corrected chi connectivity index (χ1v) is 6.80. The Morgan fingerprint density at radius 2 is 1.71 bits per heavy atom. The van der Waals surface area contributed by atoms with Gasteiger partial charge in [-0.15, -0.1) is 11.8 Å². The molecule has 0 spiro atoms. The molecule has 0 saturated heterocycles. The minimum Gasteiger partial charge on any atom is -0.326 e. The monoisotopic (exact) mass is 263 g/mol. The van der Waals surface area contributed by atoms with Crippen molar-refractivity contribution in [2.24, 2.45) is 5.73 Å². The summed E-state index contributed by atoms with van der Waals surface area (Å²) in [4.78, 5) is 1.23. The number of hydrogen-bond acceptors (Lipinski definition) is 2. The Kier molecular flexibility index (Phi) is 4.49. The van der Waals surface area contributed by atoms with Gasteiger partial charge in [0.15, 0.2) is 0 Å². The fourth-order valence-electron chi connectivity index (χ4n) is 1.54. The highest BCUT2D eigenvalue weighted by molar-refractivity contribution is 7.98. The largest absolute Gasteiger partial charge is 0.326 e. The fourth-order valence-corrected chi connectivity index (χ4v) is 2.51. The molecule has 0 heterocycles. The molecular formula is C14H14ClNS. The van der Waals surface area contributed by atoms with Crippen LogP contribution in [-0.2, 0) is 12.3 Å². The smallest absolute Gasteiger partial charge is 0.0406 e. The summed E-state index contributed by atoms with van der Waals surface area (Å²) in [5.41, 5.74) is 8.10. The fraction of sp³-hybridized carbons (Fsp3) is 0.143. The average molecular weight is 264 g/mol. The molecule has 0 fully saturated rings. The van der Waals surface area contributed by atoms with Crippen LogP contribution in [0.5, 0.6) is 0 Å². The lowest BCUT2D eigenvalue weighted by molar-refractivity contribution is 1.06. The molecule has 0 aromatic heterocycles. The van der Waals surface area contributed by atoms with Crippen LogP contribution in [0.4, 0.5) is 0 Å². The Balaban J connectivity index is 1.99. The Bertz CT molecular complexity index is 482. The van der Waals surface area contributed by atoms with E-state index in [9.17, 15) is 0 Å². The van der Waals surface area contributed by atoms with E-state index in [4.69, 9.17) is 17.3 Å². The second-order valence-electron chi connectivity index (χ2n) is 3.77. The van der Waals surface area contributed by atoms with E-state index in [1.54, 1.807) is 11.8 Å². The second kappa shape index (κ2) is 6.10. The average Bonchev–Trinajstić information content (AvgIpc) is 2.38. The topological polar surface area (TPSA) is 26.0 Å². The van der Waals surface area contributed by atoms with Crippen LogP contribution in [0.25, 0.3) is 0 Å². The van der Waals surface area contributed by atoms with Crippen molar-refractivity contribution in [2.45, 2.75) is 17.2 Å². The number of hydrogen-bond donors (Lipinski definition) is 1. The summed E-state index contributed by atoms with van der Waals surface area (Å²) < 4.78 is 0. The van der Waals surface area contributed by atoms with E-state index >= 15 is 0 Å². The van der Waals surface area contributed by atoms with Crippen LogP contribution in [0.1, 0.15) is 11.1 Å². The number of benzene rings is 2. The third-order valence-corrected chi connectivity index (χ3v) is 3.78. The van der Waals surface area contributed by atoms with Crippen LogP contribution in [0.15, 0.2) is 53.4 Å². The van der Waals surface area contributed by atoms with Crippen LogP contribution in [0.3, 0.4) is 0 Å². The molecule has 0 aliphatic heterocycles. The maximum Gasteiger partial charge on any atom is 0.0406 e. The highest BCUT2D eigenvalue weighted by Crippen LogP contribution is 2.24. The third kappa shape index (κ3) is 3.77. The predicted molar refractivity (Wildman–Crippen MR) is 75.3 cm³/mol. The molecule has 1 nitrogen and oxygen atoms in total. The van der Waals surface area contributed by atoms with Crippen molar-refractivity contribution in [2.75, 3.05) is 0 Å². The lowest BCUT2D eigenvalue weighted by atomic mass is 10.1. The molecule has 0 radical (unpaired) electrons. The Labute approximate surface area is 111 Å². The van der Waals surface area contributed by atoms with Crippen LogP contribution in [0.2, 0.25) is 5.02 Å². The van der Waals surface area contributed by atoms with Gasteiger partial charge in [0.2, 0.25) is 0 Å². The molecule has 0 aliphatic rings. The van der Waals surface area contributed by atoms with E-state index in [-0.39, 0.29) is 0 Å². The highest BCUT2D eigenvalue weighted by atomic mass is 35.5. The molecule has 2 rings (SSSR count). The zero-order valence-corrected chi connectivity index (χ0v) is 11.0. The summed E-state index contributed by atoms with van der Waals surface area (Å²) in [5.74, 6) is 0.954. The first-order chi connectivity index (χ1) is 8.28. The summed E-state index contributed by atoms with van der Waals surface area (Å²) in [5, 5.41) is 0.777. The molecule has 0 aliphatic carbocycles. The third-order valence-electron chi connectivity index (χ3n) is 2.45. The quantitative estimate of drug-likeness (QED) is 0.841. The van der Waals surface area contributed by atoms with Crippen molar-refractivity contribution < 1.29 is 0 Å². The van der Waals surface area contributed by atoms with Crippen molar-refractivity contribution in [3.8, 4) is 0 Å². The van der Waals surface area contributed by atoms with Crippen LogP contribution in [-0.4, -0.2) is 0 Å².